The van der Waals surface area contributed by atoms with Gasteiger partial charge in [0.2, 0.25) is 0 Å². The number of esters is 2. The number of rotatable bonds is 4. The zero-order chi connectivity index (χ0) is 40.8. The molecule has 0 saturated heterocycles. The Kier molecular flexibility index (Phi) is 11.0. The number of carbonyl (C=O) groups is 3. The minimum absolute atomic E-state index is 0.0703. The third-order valence-corrected chi connectivity index (χ3v) is 13.6. The molecule has 2 aliphatic carbocycles. The zero-order valence-corrected chi connectivity index (χ0v) is 32.9. The molecular weight excluding hydrogens is 737 g/mol. The van der Waals surface area contributed by atoms with E-state index in [1.54, 1.807) is 18.2 Å². The van der Waals surface area contributed by atoms with Crippen LogP contribution in [0.5, 0.6) is 17.2 Å². The maximum Gasteiger partial charge on any atom is 0.334 e. The van der Waals surface area contributed by atoms with Crippen molar-refractivity contribution in [3.63, 3.8) is 0 Å². The average molecular weight is 789 g/mol. The van der Waals surface area contributed by atoms with Crippen LogP contribution in [0.3, 0.4) is 0 Å². The second-order valence-corrected chi connectivity index (χ2v) is 17.3. The summed E-state index contributed by atoms with van der Waals surface area (Å²) >= 11 is 0. The van der Waals surface area contributed by atoms with Gasteiger partial charge in [-0.1, -0.05) is 68.4 Å². The van der Waals surface area contributed by atoms with Gasteiger partial charge in [-0.15, -0.1) is 0 Å². The fraction of sp³-hybridized carbons (Fsp3) is 0.479. The van der Waals surface area contributed by atoms with E-state index in [-0.39, 0.29) is 73.2 Å². The largest absolute Gasteiger partial charge is 0.508 e. The summed E-state index contributed by atoms with van der Waals surface area (Å²) < 4.78 is 12.1. The summed E-state index contributed by atoms with van der Waals surface area (Å²) in [5.74, 6) is 3.04. The Morgan fingerprint density at radius 2 is 1.71 bits per heavy atom. The highest BCUT2D eigenvalue weighted by atomic mass is 16.6. The van der Waals surface area contributed by atoms with Gasteiger partial charge in [-0.2, -0.15) is 0 Å². The monoisotopic (exact) mass is 788 g/mol. The molecule has 2 saturated carbocycles. The summed E-state index contributed by atoms with van der Waals surface area (Å²) in [6.45, 7) is 1.59. The van der Waals surface area contributed by atoms with Gasteiger partial charge >= 0.3 is 11.9 Å². The highest BCUT2D eigenvalue weighted by Gasteiger charge is 2.50. The van der Waals surface area contributed by atoms with Crippen molar-refractivity contribution in [3.05, 3.63) is 99.6 Å². The van der Waals surface area contributed by atoms with Crippen LogP contribution in [0.2, 0.25) is 0 Å². The minimum atomic E-state index is -1.62. The van der Waals surface area contributed by atoms with Gasteiger partial charge in [0.25, 0.3) is 0 Å². The number of hydrogen-bond acceptors (Lipinski definition) is 10. The van der Waals surface area contributed by atoms with Crippen LogP contribution in [0.15, 0.2) is 66.2 Å². The highest BCUT2D eigenvalue weighted by molar-refractivity contribution is 5.89. The van der Waals surface area contributed by atoms with E-state index < -0.39 is 52.9 Å². The van der Waals surface area contributed by atoms with Crippen molar-refractivity contribution in [3.8, 4) is 29.1 Å². The van der Waals surface area contributed by atoms with Gasteiger partial charge in [0.15, 0.2) is 0 Å². The fourth-order valence-electron chi connectivity index (χ4n) is 10.5. The number of Topliss-reactive ketones (excluding diaryl/α,β-unsaturated/α-hetero) is 1. The number of ketones is 1. The van der Waals surface area contributed by atoms with Crippen LogP contribution in [0.1, 0.15) is 123 Å². The normalized spacial score (nSPS) is 30.2. The number of benzene rings is 3. The van der Waals surface area contributed by atoms with Crippen LogP contribution < -0.4 is 4.74 Å². The van der Waals surface area contributed by atoms with Crippen molar-refractivity contribution < 1.29 is 49.4 Å². The molecule has 8 rings (SSSR count). The Labute approximate surface area is 338 Å². The molecule has 0 radical (unpaired) electrons. The lowest BCUT2D eigenvalue weighted by Gasteiger charge is -2.45. The lowest BCUT2D eigenvalue weighted by Crippen LogP contribution is -2.54. The Balaban J connectivity index is 1.37. The number of ether oxygens (including phenoxy) is 2. The fourth-order valence-corrected chi connectivity index (χ4v) is 10.5. The number of hydrogen-bond donors (Lipinski definition) is 5. The van der Waals surface area contributed by atoms with Crippen molar-refractivity contribution in [1.82, 2.24) is 0 Å². The van der Waals surface area contributed by atoms with Crippen LogP contribution >= 0.6 is 0 Å². The number of aliphatic hydroxyl groups is 3. The number of aliphatic hydroxyl groups excluding tert-OH is 2. The molecule has 3 aromatic carbocycles. The lowest BCUT2D eigenvalue weighted by atomic mass is 9.66. The molecule has 5 N–H and O–H groups in total. The first-order valence-electron chi connectivity index (χ1n) is 20.8. The van der Waals surface area contributed by atoms with Crippen molar-refractivity contribution in [2.75, 3.05) is 0 Å². The first kappa shape index (κ1) is 39.9. The molecule has 10 heteroatoms. The van der Waals surface area contributed by atoms with E-state index in [4.69, 9.17) is 9.47 Å². The average Bonchev–Trinajstić information content (AvgIpc) is 3.71. The highest BCUT2D eigenvalue weighted by Crippen LogP contribution is 2.48. The molecule has 0 unspecified atom stereocenters. The second-order valence-electron chi connectivity index (χ2n) is 17.3. The van der Waals surface area contributed by atoms with Crippen LogP contribution in [0.25, 0.3) is 0 Å². The predicted molar refractivity (Wildman–Crippen MR) is 214 cm³/mol. The Hall–Kier alpha value is -4.95. The van der Waals surface area contributed by atoms with Crippen LogP contribution in [-0.2, 0) is 44.0 Å². The number of phenols is 2. The maximum atomic E-state index is 15.1. The van der Waals surface area contributed by atoms with Crippen molar-refractivity contribution in [2.24, 2.45) is 11.8 Å². The molecule has 2 fully saturated rings. The summed E-state index contributed by atoms with van der Waals surface area (Å²) in [6.07, 6.45) is 4.45. The molecule has 1 spiro atoms. The van der Waals surface area contributed by atoms with E-state index >= 15 is 4.79 Å². The van der Waals surface area contributed by atoms with Gasteiger partial charge < -0.3 is 35.0 Å². The Bertz CT molecular complexity index is 2200. The van der Waals surface area contributed by atoms with Gasteiger partial charge in [0.05, 0.1) is 25.0 Å². The third kappa shape index (κ3) is 7.56. The number of phenolic OH excluding ortho intramolecular Hbond substituents is 2. The molecule has 0 amide bonds. The van der Waals surface area contributed by atoms with Gasteiger partial charge in [0, 0.05) is 47.3 Å². The number of carbonyl (C=O) groups excluding carboxylic acids is 3. The number of aromatic hydroxyl groups is 2. The topological polar surface area (TPSA) is 171 Å². The van der Waals surface area contributed by atoms with Crippen molar-refractivity contribution in [2.45, 2.75) is 132 Å². The van der Waals surface area contributed by atoms with Crippen LogP contribution in [0.4, 0.5) is 0 Å². The molecule has 3 heterocycles. The van der Waals surface area contributed by atoms with E-state index in [1.807, 2.05) is 25.1 Å². The SMILES string of the molecule is CCC[C@]1(O)[C@H]2CCC(=O)[C@H](Cc3cccc(c3)C3(CCCC3)[C@H](O)/C=C3/C[C@@H](c4cc(O)cc(CO)c4)C#C[C@@H]4CC(=O)Oc5cc(O)c(cc54)C[C@H]1OC3=O)C2. The zero-order valence-electron chi connectivity index (χ0n) is 32.9. The third-order valence-electron chi connectivity index (χ3n) is 13.6. The molecule has 8 bridgehead atoms. The first-order valence-corrected chi connectivity index (χ1v) is 20.8. The quantitative estimate of drug-likeness (QED) is 0.112. The van der Waals surface area contributed by atoms with Gasteiger partial charge in [-0.3, -0.25) is 9.59 Å². The molecule has 10 nitrogen and oxygen atoms in total. The molecule has 304 valence electrons. The first-order chi connectivity index (χ1) is 27.9. The summed E-state index contributed by atoms with van der Waals surface area (Å²) in [5.41, 5.74) is 1.57. The minimum Gasteiger partial charge on any atom is -0.508 e. The summed E-state index contributed by atoms with van der Waals surface area (Å²) in [5, 5.41) is 57.9. The molecule has 0 aromatic heterocycles. The van der Waals surface area contributed by atoms with Crippen LogP contribution in [-0.4, -0.2) is 61.1 Å². The lowest BCUT2D eigenvalue weighted by molar-refractivity contribution is -0.176. The van der Waals surface area contributed by atoms with E-state index in [1.165, 1.54) is 18.2 Å². The van der Waals surface area contributed by atoms with E-state index in [2.05, 4.69) is 17.9 Å². The van der Waals surface area contributed by atoms with E-state index in [0.29, 0.717) is 60.8 Å². The van der Waals surface area contributed by atoms with Crippen molar-refractivity contribution in [1.29, 1.82) is 0 Å². The van der Waals surface area contributed by atoms with Gasteiger partial charge in [-0.05, 0) is 103 Å². The smallest absolute Gasteiger partial charge is 0.334 e. The molecule has 7 atom stereocenters. The summed E-state index contributed by atoms with van der Waals surface area (Å²) in [7, 11) is 0. The molecule has 58 heavy (non-hydrogen) atoms. The second kappa shape index (κ2) is 16.0. The molecular formula is C48H52O10. The maximum absolute atomic E-state index is 15.1. The molecule has 3 aromatic rings. The predicted octanol–water partition coefficient (Wildman–Crippen LogP) is 6.50. The summed E-state index contributed by atoms with van der Waals surface area (Å²) in [4.78, 5) is 41.6. The Morgan fingerprint density at radius 1 is 0.914 bits per heavy atom. The van der Waals surface area contributed by atoms with Gasteiger partial charge in [-0.25, -0.2) is 4.79 Å². The van der Waals surface area contributed by atoms with E-state index in [9.17, 15) is 35.1 Å². The molecule has 5 aliphatic rings. The van der Waals surface area contributed by atoms with Gasteiger partial charge in [0.1, 0.15) is 34.7 Å². The molecule has 3 aliphatic heterocycles. The van der Waals surface area contributed by atoms with Crippen molar-refractivity contribution >= 4 is 17.7 Å². The Morgan fingerprint density at radius 3 is 2.48 bits per heavy atom. The standard InChI is InChI=1S/C48H52O10/c1-2-12-48(56)37-10-11-40(51)33(20-37)15-28-6-5-7-36(17-28)47(13-3-4-14-47)43(53)23-35-19-30(32-16-29(27-49)18-38(50)21-32)8-9-31-25-45(54)57-42-26-41(52)34(22-39(31)42)24-44(48)58-46(35)55/h5-7,16-18,21-23,26,30-31,33,37,43-44,49-50,52-53,56H,2-4,10-15,19-20,24-25,27H2,1H3/b35-23-/t30-,31+,33+,37-,43+,44+,48-/m0/s1. The van der Waals surface area contributed by atoms with Crippen LogP contribution in [0, 0.1) is 23.7 Å². The number of fused-ring (bicyclic) bond motifs is 9. The van der Waals surface area contributed by atoms with E-state index in [0.717, 1.165) is 24.0 Å². The summed E-state index contributed by atoms with van der Waals surface area (Å²) in [6, 6.07) is 15.9.